The molecule has 174 valence electrons. The third-order valence-corrected chi connectivity index (χ3v) is 6.89. The van der Waals surface area contributed by atoms with Gasteiger partial charge in [-0.05, 0) is 78.8 Å². The van der Waals surface area contributed by atoms with E-state index < -0.39 is 0 Å². The Morgan fingerprint density at radius 3 is 2.56 bits per heavy atom. The number of nitrogens with two attached hydrogens (primary N) is 1. The molecule has 5 rings (SSSR count). The van der Waals surface area contributed by atoms with Gasteiger partial charge in [-0.2, -0.15) is 0 Å². The van der Waals surface area contributed by atoms with Crippen LogP contribution in [-0.2, 0) is 6.54 Å². The predicted octanol–water partition coefficient (Wildman–Crippen LogP) is 5.11. The standard InChI is InChI=1S/C28H31N5O/c1-17-13-31-28(27-24(17)12-20(14-30-27)15-33-11-10-21(34)16-33)32-26-9-5-7-23(19(26)3)22-6-4-8-25(29)18(22)2/h4-9,12-14,21,34H,10-11,15-16,29H2,1-3H3,(H,31,32)/t21-/m1/s1. The smallest absolute Gasteiger partial charge is 0.156 e. The number of aliphatic hydroxyl groups is 1. The average Bonchev–Trinajstić information content (AvgIpc) is 3.23. The minimum Gasteiger partial charge on any atom is -0.398 e. The van der Waals surface area contributed by atoms with E-state index in [1.165, 1.54) is 0 Å². The third-order valence-electron chi connectivity index (χ3n) is 6.89. The number of β-amino-alcohol motifs (C(OH)–C–C–N with tert-alkyl or cyclic N) is 1. The van der Waals surface area contributed by atoms with Gasteiger partial charge in [-0.3, -0.25) is 9.88 Å². The first-order chi connectivity index (χ1) is 16.4. The number of hydrogen-bond donors (Lipinski definition) is 3. The van der Waals surface area contributed by atoms with Gasteiger partial charge in [0, 0.05) is 48.8 Å². The highest BCUT2D eigenvalue weighted by molar-refractivity contribution is 5.93. The Labute approximate surface area is 200 Å². The summed E-state index contributed by atoms with van der Waals surface area (Å²) in [5.41, 5.74) is 15.6. The van der Waals surface area contributed by atoms with Crippen molar-refractivity contribution in [1.29, 1.82) is 0 Å². The zero-order valence-corrected chi connectivity index (χ0v) is 20.0. The van der Waals surface area contributed by atoms with E-state index in [1.54, 1.807) is 0 Å². The molecule has 1 atom stereocenters. The highest BCUT2D eigenvalue weighted by atomic mass is 16.3. The summed E-state index contributed by atoms with van der Waals surface area (Å²) >= 11 is 0. The van der Waals surface area contributed by atoms with Gasteiger partial charge < -0.3 is 16.2 Å². The minimum absolute atomic E-state index is 0.217. The minimum atomic E-state index is -0.217. The first-order valence-corrected chi connectivity index (χ1v) is 11.8. The van der Waals surface area contributed by atoms with Crippen LogP contribution >= 0.6 is 0 Å². The lowest BCUT2D eigenvalue weighted by Gasteiger charge is -2.17. The number of benzene rings is 2. The summed E-state index contributed by atoms with van der Waals surface area (Å²) in [6, 6.07) is 14.5. The lowest BCUT2D eigenvalue weighted by Crippen LogP contribution is -2.21. The molecule has 0 bridgehead atoms. The highest BCUT2D eigenvalue weighted by Crippen LogP contribution is 2.35. The molecule has 1 aliphatic heterocycles. The third kappa shape index (κ3) is 4.22. The fourth-order valence-electron chi connectivity index (χ4n) is 4.82. The maximum atomic E-state index is 9.83. The van der Waals surface area contributed by atoms with E-state index in [2.05, 4.69) is 66.3 Å². The van der Waals surface area contributed by atoms with Crippen molar-refractivity contribution in [1.82, 2.24) is 14.9 Å². The molecular formula is C28H31N5O. The van der Waals surface area contributed by atoms with E-state index >= 15 is 0 Å². The number of aryl methyl sites for hydroxylation is 1. The monoisotopic (exact) mass is 453 g/mol. The first-order valence-electron chi connectivity index (χ1n) is 11.8. The number of likely N-dealkylation sites (tertiary alicyclic amines) is 1. The van der Waals surface area contributed by atoms with Crippen molar-refractivity contribution in [3.8, 4) is 11.1 Å². The summed E-state index contributed by atoms with van der Waals surface area (Å²) in [6.07, 6.45) is 4.45. The van der Waals surface area contributed by atoms with Gasteiger partial charge >= 0.3 is 0 Å². The van der Waals surface area contributed by atoms with Crippen LogP contribution in [0.1, 0.15) is 28.7 Å². The van der Waals surface area contributed by atoms with Gasteiger partial charge in [-0.15, -0.1) is 0 Å². The zero-order chi connectivity index (χ0) is 23.8. The number of aliphatic hydroxyl groups excluding tert-OH is 1. The van der Waals surface area contributed by atoms with Crippen molar-refractivity contribution < 1.29 is 5.11 Å². The van der Waals surface area contributed by atoms with E-state index in [4.69, 9.17) is 10.7 Å². The maximum Gasteiger partial charge on any atom is 0.156 e. The molecule has 1 aliphatic rings. The molecular weight excluding hydrogens is 422 g/mol. The van der Waals surface area contributed by atoms with Crippen molar-refractivity contribution >= 4 is 28.1 Å². The van der Waals surface area contributed by atoms with Crippen molar-refractivity contribution in [3.63, 3.8) is 0 Å². The number of rotatable bonds is 5. The SMILES string of the molecule is Cc1c(N)cccc1-c1cccc(Nc2ncc(C)c3cc(CN4CC[C@@H](O)C4)cnc23)c1C. The Morgan fingerprint density at radius 2 is 1.79 bits per heavy atom. The average molecular weight is 454 g/mol. The molecule has 4 N–H and O–H groups in total. The Kier molecular flexibility index (Phi) is 5.94. The van der Waals surface area contributed by atoms with Crippen molar-refractivity contribution in [3.05, 3.63) is 77.1 Å². The molecule has 0 aliphatic carbocycles. The molecule has 1 fully saturated rings. The summed E-state index contributed by atoms with van der Waals surface area (Å²) < 4.78 is 0. The molecule has 2 aromatic carbocycles. The lowest BCUT2D eigenvalue weighted by atomic mass is 9.95. The summed E-state index contributed by atoms with van der Waals surface area (Å²) in [5, 5.41) is 14.5. The second kappa shape index (κ2) is 9.05. The second-order valence-corrected chi connectivity index (χ2v) is 9.33. The summed E-state index contributed by atoms with van der Waals surface area (Å²) in [6.45, 7) is 8.69. The quantitative estimate of drug-likeness (QED) is 0.364. The first kappa shape index (κ1) is 22.3. The van der Waals surface area contributed by atoms with Crippen LogP contribution in [0.25, 0.3) is 22.0 Å². The molecule has 0 unspecified atom stereocenters. The summed E-state index contributed by atoms with van der Waals surface area (Å²) in [4.78, 5) is 11.8. The lowest BCUT2D eigenvalue weighted by molar-refractivity contribution is 0.175. The molecule has 0 amide bonds. The van der Waals surface area contributed by atoms with E-state index in [1.807, 2.05) is 24.5 Å². The van der Waals surface area contributed by atoms with E-state index in [0.717, 1.165) is 87.5 Å². The number of nitrogens with one attached hydrogen (secondary N) is 1. The van der Waals surface area contributed by atoms with Gasteiger partial charge in [0.05, 0.1) is 6.10 Å². The van der Waals surface area contributed by atoms with Crippen molar-refractivity contribution in [2.24, 2.45) is 0 Å². The fourth-order valence-corrected chi connectivity index (χ4v) is 4.82. The highest BCUT2D eigenvalue weighted by Gasteiger charge is 2.20. The summed E-state index contributed by atoms with van der Waals surface area (Å²) in [5.74, 6) is 0.744. The van der Waals surface area contributed by atoms with Crippen LogP contribution in [-0.4, -0.2) is 39.2 Å². The molecule has 0 radical (unpaired) electrons. The predicted molar refractivity (Wildman–Crippen MR) is 139 cm³/mol. The number of nitrogens with zero attached hydrogens (tertiary/aromatic N) is 3. The van der Waals surface area contributed by atoms with E-state index in [0.29, 0.717) is 0 Å². The number of nitrogen functional groups attached to an aromatic ring is 1. The number of aromatic nitrogens is 2. The Balaban J connectivity index is 1.48. The number of anilines is 3. The number of fused-ring (bicyclic) bond motifs is 1. The zero-order valence-electron chi connectivity index (χ0n) is 20.0. The molecule has 0 spiro atoms. The van der Waals surface area contributed by atoms with Crippen LogP contribution in [0.15, 0.2) is 54.9 Å². The summed E-state index contributed by atoms with van der Waals surface area (Å²) in [7, 11) is 0. The van der Waals surface area contributed by atoms with Crippen molar-refractivity contribution in [2.45, 2.75) is 39.8 Å². The number of pyridine rings is 2. The maximum absolute atomic E-state index is 9.83. The molecule has 4 aromatic rings. The van der Waals surface area contributed by atoms with Crippen molar-refractivity contribution in [2.75, 3.05) is 24.1 Å². The Hall–Kier alpha value is -3.48. The molecule has 2 aromatic heterocycles. The van der Waals surface area contributed by atoms with Crippen LogP contribution in [0.5, 0.6) is 0 Å². The van der Waals surface area contributed by atoms with Crippen LogP contribution in [0.4, 0.5) is 17.2 Å². The van der Waals surface area contributed by atoms with Crippen LogP contribution in [0.2, 0.25) is 0 Å². The van der Waals surface area contributed by atoms with Crippen LogP contribution in [0.3, 0.4) is 0 Å². The molecule has 3 heterocycles. The number of hydrogen-bond acceptors (Lipinski definition) is 6. The van der Waals surface area contributed by atoms with Gasteiger partial charge in [0.1, 0.15) is 5.52 Å². The molecule has 6 heteroatoms. The van der Waals surface area contributed by atoms with Gasteiger partial charge in [0.15, 0.2) is 5.82 Å². The molecule has 0 saturated carbocycles. The largest absolute Gasteiger partial charge is 0.398 e. The molecule has 6 nitrogen and oxygen atoms in total. The second-order valence-electron chi connectivity index (χ2n) is 9.33. The van der Waals surface area contributed by atoms with Crippen LogP contribution in [0, 0.1) is 20.8 Å². The van der Waals surface area contributed by atoms with Gasteiger partial charge in [0.2, 0.25) is 0 Å². The topological polar surface area (TPSA) is 87.3 Å². The van der Waals surface area contributed by atoms with E-state index in [9.17, 15) is 5.11 Å². The van der Waals surface area contributed by atoms with Gasteiger partial charge in [0.25, 0.3) is 0 Å². The molecule has 34 heavy (non-hydrogen) atoms. The van der Waals surface area contributed by atoms with Crippen LogP contribution < -0.4 is 11.1 Å². The van der Waals surface area contributed by atoms with Gasteiger partial charge in [-0.25, -0.2) is 4.98 Å². The van der Waals surface area contributed by atoms with Gasteiger partial charge in [-0.1, -0.05) is 24.3 Å². The van der Waals surface area contributed by atoms with E-state index in [-0.39, 0.29) is 6.10 Å². The Morgan fingerprint density at radius 1 is 1.03 bits per heavy atom. The normalized spacial score (nSPS) is 16.3. The Bertz CT molecular complexity index is 1370. The fraction of sp³-hybridized carbons (Fsp3) is 0.286. The molecule has 1 saturated heterocycles.